The number of piperidine rings is 1. The third-order valence-corrected chi connectivity index (χ3v) is 4.29. The molecule has 126 valence electrons. The summed E-state index contributed by atoms with van der Waals surface area (Å²) in [5.41, 5.74) is 5.62. The van der Waals surface area contributed by atoms with Crippen molar-refractivity contribution in [3.63, 3.8) is 0 Å². The second-order valence-electron chi connectivity index (χ2n) is 6.39. The van der Waals surface area contributed by atoms with Gasteiger partial charge < -0.3 is 20.5 Å². The highest BCUT2D eigenvalue weighted by molar-refractivity contribution is 5.81. The molecule has 6 heteroatoms. The Kier molecular flexibility index (Phi) is 5.03. The molecule has 1 amide bonds. The number of carbonyl (C=O) groups excluding carboxylic acids is 1. The van der Waals surface area contributed by atoms with Gasteiger partial charge in [-0.15, -0.1) is 0 Å². The summed E-state index contributed by atoms with van der Waals surface area (Å²) in [5.74, 6) is 1.54. The van der Waals surface area contributed by atoms with Crippen molar-refractivity contribution in [2.24, 2.45) is 5.73 Å². The number of rotatable bonds is 4. The van der Waals surface area contributed by atoms with E-state index < -0.39 is 6.04 Å². The first-order chi connectivity index (χ1) is 11.1. The van der Waals surface area contributed by atoms with Crippen LogP contribution in [0.3, 0.4) is 0 Å². The number of para-hydroxylation sites is 2. The summed E-state index contributed by atoms with van der Waals surface area (Å²) in [6.45, 7) is 4.93. The van der Waals surface area contributed by atoms with Gasteiger partial charge in [0.05, 0.1) is 6.04 Å². The molecule has 2 heterocycles. The van der Waals surface area contributed by atoms with Gasteiger partial charge in [0.2, 0.25) is 5.91 Å². The summed E-state index contributed by atoms with van der Waals surface area (Å²) in [6.07, 6.45) is 2.08. The van der Waals surface area contributed by atoms with Gasteiger partial charge in [-0.1, -0.05) is 12.1 Å². The fourth-order valence-corrected chi connectivity index (χ4v) is 3.11. The molecule has 0 spiro atoms. The zero-order valence-corrected chi connectivity index (χ0v) is 13.5. The number of hydrogen-bond donors (Lipinski definition) is 2. The first-order valence-electron chi connectivity index (χ1n) is 8.28. The van der Waals surface area contributed by atoms with Crippen LogP contribution in [-0.2, 0) is 4.79 Å². The molecule has 1 fully saturated rings. The Hall–Kier alpha value is -1.79. The van der Waals surface area contributed by atoms with Crippen LogP contribution in [0.2, 0.25) is 0 Å². The summed E-state index contributed by atoms with van der Waals surface area (Å²) < 4.78 is 11.8. The molecular formula is C17H25N3O3. The maximum Gasteiger partial charge on any atom is 0.236 e. The van der Waals surface area contributed by atoms with E-state index in [2.05, 4.69) is 10.2 Å². The number of nitrogens with zero attached hydrogens (tertiary/aromatic N) is 1. The maximum atomic E-state index is 11.7. The van der Waals surface area contributed by atoms with Gasteiger partial charge in [0.15, 0.2) is 11.5 Å². The van der Waals surface area contributed by atoms with E-state index in [1.807, 2.05) is 24.3 Å². The number of ether oxygens (including phenoxy) is 2. The summed E-state index contributed by atoms with van der Waals surface area (Å²) in [4.78, 5) is 14.1. The van der Waals surface area contributed by atoms with Crippen LogP contribution in [0, 0.1) is 0 Å². The first-order valence-corrected chi connectivity index (χ1v) is 8.28. The number of fused-ring (bicyclic) bond motifs is 1. The molecule has 3 N–H and O–H groups in total. The molecule has 2 aliphatic rings. The highest BCUT2D eigenvalue weighted by atomic mass is 16.6. The highest BCUT2D eigenvalue weighted by Crippen LogP contribution is 2.31. The SMILES string of the molecule is C[C@H](N)C(=O)N[C@H]1CCCN(C[C@H]2COc3ccccc3O2)C1. The average molecular weight is 319 g/mol. The zero-order chi connectivity index (χ0) is 16.2. The van der Waals surface area contributed by atoms with Crippen molar-refractivity contribution in [1.82, 2.24) is 10.2 Å². The molecule has 2 aliphatic heterocycles. The van der Waals surface area contributed by atoms with E-state index in [9.17, 15) is 4.79 Å². The van der Waals surface area contributed by atoms with Gasteiger partial charge in [-0.2, -0.15) is 0 Å². The summed E-state index contributed by atoms with van der Waals surface area (Å²) >= 11 is 0. The molecule has 23 heavy (non-hydrogen) atoms. The van der Waals surface area contributed by atoms with Gasteiger partial charge in [0.1, 0.15) is 12.7 Å². The Morgan fingerprint density at radius 2 is 2.22 bits per heavy atom. The van der Waals surface area contributed by atoms with E-state index in [0.29, 0.717) is 6.61 Å². The number of nitrogens with two attached hydrogens (primary N) is 1. The lowest BCUT2D eigenvalue weighted by Gasteiger charge is -2.36. The molecule has 0 saturated carbocycles. The minimum atomic E-state index is -0.461. The lowest BCUT2D eigenvalue weighted by molar-refractivity contribution is -0.123. The van der Waals surface area contributed by atoms with Gasteiger partial charge in [0, 0.05) is 19.1 Å². The Balaban J connectivity index is 1.51. The number of benzene rings is 1. The Morgan fingerprint density at radius 3 is 3.00 bits per heavy atom. The minimum absolute atomic E-state index is 0.0211. The second-order valence-corrected chi connectivity index (χ2v) is 6.39. The van der Waals surface area contributed by atoms with Gasteiger partial charge in [-0.25, -0.2) is 0 Å². The summed E-state index contributed by atoms with van der Waals surface area (Å²) in [7, 11) is 0. The van der Waals surface area contributed by atoms with E-state index in [1.165, 1.54) is 0 Å². The molecule has 0 aliphatic carbocycles. The second kappa shape index (κ2) is 7.19. The van der Waals surface area contributed by atoms with E-state index in [1.54, 1.807) is 6.92 Å². The van der Waals surface area contributed by atoms with Crippen LogP contribution >= 0.6 is 0 Å². The molecule has 1 aromatic rings. The fourth-order valence-electron chi connectivity index (χ4n) is 3.11. The van der Waals surface area contributed by atoms with E-state index in [-0.39, 0.29) is 18.1 Å². The Labute approximate surface area is 136 Å². The molecule has 1 saturated heterocycles. The number of nitrogens with one attached hydrogen (secondary N) is 1. The topological polar surface area (TPSA) is 76.8 Å². The minimum Gasteiger partial charge on any atom is -0.486 e. The predicted octanol–water partition coefficient (Wildman–Crippen LogP) is 0.754. The van der Waals surface area contributed by atoms with Crippen molar-refractivity contribution in [2.75, 3.05) is 26.2 Å². The lowest BCUT2D eigenvalue weighted by atomic mass is 10.0. The van der Waals surface area contributed by atoms with Gasteiger partial charge in [0.25, 0.3) is 0 Å². The molecule has 3 atom stereocenters. The first kappa shape index (κ1) is 16.1. The smallest absolute Gasteiger partial charge is 0.236 e. The van der Waals surface area contributed by atoms with E-state index >= 15 is 0 Å². The monoisotopic (exact) mass is 319 g/mol. The molecule has 0 unspecified atom stereocenters. The van der Waals surface area contributed by atoms with E-state index in [0.717, 1.165) is 44.0 Å². The fraction of sp³-hybridized carbons (Fsp3) is 0.588. The predicted molar refractivity (Wildman–Crippen MR) is 87.6 cm³/mol. The van der Waals surface area contributed by atoms with Crippen LogP contribution in [0.4, 0.5) is 0 Å². The van der Waals surface area contributed by atoms with Crippen molar-refractivity contribution >= 4 is 5.91 Å². The Bertz CT molecular complexity index is 550. The molecule has 0 radical (unpaired) electrons. The largest absolute Gasteiger partial charge is 0.486 e. The van der Waals surface area contributed by atoms with Gasteiger partial charge in [-0.3, -0.25) is 9.69 Å². The van der Waals surface area contributed by atoms with Crippen molar-refractivity contribution in [3.05, 3.63) is 24.3 Å². The summed E-state index contributed by atoms with van der Waals surface area (Å²) in [5, 5.41) is 3.02. The Morgan fingerprint density at radius 1 is 1.43 bits per heavy atom. The molecule has 1 aromatic carbocycles. The number of likely N-dealkylation sites (tertiary alicyclic amines) is 1. The van der Waals surface area contributed by atoms with Crippen LogP contribution < -0.4 is 20.5 Å². The van der Waals surface area contributed by atoms with Gasteiger partial charge in [-0.05, 0) is 38.4 Å². The molecule has 0 aromatic heterocycles. The lowest BCUT2D eigenvalue weighted by Crippen LogP contribution is -2.53. The quantitative estimate of drug-likeness (QED) is 0.856. The normalized spacial score (nSPS) is 25.7. The molecule has 3 rings (SSSR count). The standard InChI is InChI=1S/C17H25N3O3/c1-12(18)17(21)19-13-5-4-8-20(9-13)10-14-11-22-15-6-2-3-7-16(15)23-14/h2-3,6-7,12-14H,4-5,8-11,18H2,1H3,(H,19,21)/t12-,13-,14-/m0/s1. The van der Waals surface area contributed by atoms with E-state index in [4.69, 9.17) is 15.2 Å². The van der Waals surface area contributed by atoms with Crippen LogP contribution in [0.25, 0.3) is 0 Å². The third kappa shape index (κ3) is 4.14. The summed E-state index contributed by atoms with van der Waals surface area (Å²) in [6, 6.07) is 7.45. The maximum absolute atomic E-state index is 11.7. The van der Waals surface area contributed by atoms with Crippen molar-refractivity contribution < 1.29 is 14.3 Å². The zero-order valence-electron chi connectivity index (χ0n) is 13.5. The third-order valence-electron chi connectivity index (χ3n) is 4.29. The van der Waals surface area contributed by atoms with Crippen LogP contribution in [0.1, 0.15) is 19.8 Å². The van der Waals surface area contributed by atoms with Crippen molar-refractivity contribution in [2.45, 2.75) is 38.0 Å². The van der Waals surface area contributed by atoms with Crippen molar-refractivity contribution in [3.8, 4) is 11.5 Å². The van der Waals surface area contributed by atoms with Crippen molar-refractivity contribution in [1.29, 1.82) is 0 Å². The average Bonchev–Trinajstić information content (AvgIpc) is 2.55. The molecule has 6 nitrogen and oxygen atoms in total. The molecular weight excluding hydrogens is 294 g/mol. The highest BCUT2D eigenvalue weighted by Gasteiger charge is 2.27. The number of amides is 1. The number of carbonyl (C=O) groups is 1. The van der Waals surface area contributed by atoms with Crippen LogP contribution in [0.5, 0.6) is 11.5 Å². The number of hydrogen-bond acceptors (Lipinski definition) is 5. The van der Waals surface area contributed by atoms with Crippen LogP contribution in [0.15, 0.2) is 24.3 Å². The van der Waals surface area contributed by atoms with Gasteiger partial charge >= 0.3 is 0 Å². The molecule has 0 bridgehead atoms. The van der Waals surface area contributed by atoms with Crippen LogP contribution in [-0.4, -0.2) is 55.2 Å².